The van der Waals surface area contributed by atoms with E-state index in [9.17, 15) is 34.8 Å². The Morgan fingerprint density at radius 3 is 2.35 bits per heavy atom. The van der Waals surface area contributed by atoms with Crippen LogP contribution in [-0.4, -0.2) is 30.6 Å². The van der Waals surface area contributed by atoms with Crippen LogP contribution < -0.4 is 8.75 Å². The van der Waals surface area contributed by atoms with Gasteiger partial charge in [-0.3, -0.25) is 0 Å². The van der Waals surface area contributed by atoms with Gasteiger partial charge in [0.1, 0.15) is 12.4 Å². The lowest BCUT2D eigenvalue weighted by molar-refractivity contribution is -0.674. The summed E-state index contributed by atoms with van der Waals surface area (Å²) in [5.74, 6) is 0. The van der Waals surface area contributed by atoms with Crippen molar-refractivity contribution in [3.8, 4) is 6.01 Å². The van der Waals surface area contributed by atoms with Gasteiger partial charge < -0.3 is 4.18 Å². The molecule has 1 aromatic rings. The summed E-state index contributed by atoms with van der Waals surface area (Å²) < 4.78 is 105. The average Bonchev–Trinajstić information content (AvgIpc) is 2.75. The van der Waals surface area contributed by atoms with E-state index in [1.54, 1.807) is 0 Å². The third kappa shape index (κ3) is 4.09. The van der Waals surface area contributed by atoms with Crippen LogP contribution in [-0.2, 0) is 23.7 Å². The van der Waals surface area contributed by atoms with Gasteiger partial charge in [-0.05, 0) is 6.42 Å². The fourth-order valence-electron chi connectivity index (χ4n) is 1.59. The van der Waals surface area contributed by atoms with Gasteiger partial charge in [-0.15, -0.1) is 0 Å². The molecule has 23 heavy (non-hydrogen) atoms. The third-order valence-electron chi connectivity index (χ3n) is 2.87. The number of nitrogens with zero attached hydrogens (tertiary/aromatic N) is 2. The zero-order valence-electron chi connectivity index (χ0n) is 12.1. The van der Waals surface area contributed by atoms with Gasteiger partial charge >= 0.3 is 27.6 Å². The molecule has 0 N–H and O–H groups in total. The quantitative estimate of drug-likeness (QED) is 0.421. The van der Waals surface area contributed by atoms with E-state index >= 15 is 0 Å². The van der Waals surface area contributed by atoms with Gasteiger partial charge in [-0.25, -0.2) is 4.39 Å². The minimum absolute atomic E-state index is 0.187. The Morgan fingerprint density at radius 2 is 1.87 bits per heavy atom. The summed E-state index contributed by atoms with van der Waals surface area (Å²) in [5, 5.41) is -5.78. The van der Waals surface area contributed by atoms with Crippen LogP contribution in [0, 0.1) is 0 Å². The minimum Gasteiger partial charge on any atom is -0.304 e. The summed E-state index contributed by atoms with van der Waals surface area (Å²) in [6.07, 6.45) is -7.16. The van der Waals surface area contributed by atoms with Crippen molar-refractivity contribution >= 4 is 10.1 Å². The summed E-state index contributed by atoms with van der Waals surface area (Å²) in [6.45, 7) is 2.00. The van der Waals surface area contributed by atoms with E-state index in [0.717, 1.165) is 9.13 Å². The number of hydrogen-bond acceptors (Lipinski definition) is 3. The van der Waals surface area contributed by atoms with Crippen molar-refractivity contribution in [1.82, 2.24) is 4.57 Å². The van der Waals surface area contributed by atoms with Crippen LogP contribution in [0.5, 0.6) is 6.01 Å². The predicted octanol–water partition coefficient (Wildman–Crippen LogP) is 2.31. The molecule has 0 spiro atoms. The number of unbranched alkanes of at least 4 members (excludes halogenated alkanes) is 1. The van der Waals surface area contributed by atoms with Crippen LogP contribution in [0.3, 0.4) is 0 Å². The first-order chi connectivity index (χ1) is 10.3. The second kappa shape index (κ2) is 6.57. The molecule has 0 saturated carbocycles. The minimum atomic E-state index is -6.21. The molecule has 1 heterocycles. The zero-order chi connectivity index (χ0) is 18.1. The van der Waals surface area contributed by atoms with E-state index in [1.807, 2.05) is 6.92 Å². The number of halogens is 6. The van der Waals surface area contributed by atoms with Gasteiger partial charge in [-0.1, -0.05) is 13.3 Å². The van der Waals surface area contributed by atoms with Crippen LogP contribution in [0.4, 0.5) is 26.3 Å². The molecule has 0 aromatic carbocycles. The Bertz CT molecular complexity index is 641. The van der Waals surface area contributed by atoms with Crippen LogP contribution in [0.15, 0.2) is 12.4 Å². The van der Waals surface area contributed by atoms with Crippen molar-refractivity contribution in [1.29, 1.82) is 0 Å². The van der Waals surface area contributed by atoms with Crippen molar-refractivity contribution in [3.05, 3.63) is 12.4 Å². The third-order valence-corrected chi connectivity index (χ3v) is 4.11. The molecule has 0 radical (unpaired) electrons. The van der Waals surface area contributed by atoms with Crippen molar-refractivity contribution in [3.63, 3.8) is 0 Å². The zero-order valence-corrected chi connectivity index (χ0v) is 13.0. The summed E-state index contributed by atoms with van der Waals surface area (Å²) in [4.78, 5) is 0. The Morgan fingerprint density at radius 1 is 1.30 bits per heavy atom. The maximum atomic E-state index is 13.4. The molecule has 0 amide bonds. The molecule has 12 heteroatoms. The Balaban J connectivity index is 3.14. The number of hydrogen-bond donors (Lipinski definition) is 0. The average molecular weight is 369 g/mol. The molecule has 5 nitrogen and oxygen atoms in total. The molecule has 0 bridgehead atoms. The predicted molar refractivity (Wildman–Crippen MR) is 66.0 cm³/mol. The molecule has 134 valence electrons. The van der Waals surface area contributed by atoms with E-state index in [-0.39, 0.29) is 6.54 Å². The SMILES string of the molecule is CCCCn1cc[n+](C)c1OS(=O)(=O)C(F)(F)C(F)C(F)(F)F. The van der Waals surface area contributed by atoms with Gasteiger partial charge in [0.05, 0.1) is 13.6 Å². The normalized spacial score (nSPS) is 14.8. The highest BCUT2D eigenvalue weighted by atomic mass is 32.2. The smallest absolute Gasteiger partial charge is 0.304 e. The second-order valence-electron chi connectivity index (χ2n) is 4.74. The molecule has 1 atom stereocenters. The van der Waals surface area contributed by atoms with Gasteiger partial charge in [0.2, 0.25) is 0 Å². The molecular formula is C11H15F6N2O3S+. The van der Waals surface area contributed by atoms with E-state index < -0.39 is 33.7 Å². The fourth-order valence-corrected chi connectivity index (χ4v) is 2.49. The second-order valence-corrected chi connectivity index (χ2v) is 6.36. The van der Waals surface area contributed by atoms with Crippen LogP contribution in [0.2, 0.25) is 0 Å². The summed E-state index contributed by atoms with van der Waals surface area (Å²) in [7, 11) is -4.97. The first kappa shape index (κ1) is 19.6. The highest BCUT2D eigenvalue weighted by Crippen LogP contribution is 2.39. The van der Waals surface area contributed by atoms with Gasteiger partial charge in [0, 0.05) is 0 Å². The fraction of sp³-hybridized carbons (Fsp3) is 0.727. The molecule has 0 aliphatic rings. The summed E-state index contributed by atoms with van der Waals surface area (Å²) >= 11 is 0. The van der Waals surface area contributed by atoms with Crippen molar-refractivity contribution in [2.24, 2.45) is 7.05 Å². The number of aryl methyl sites for hydroxylation is 2. The standard InChI is InChI=1S/C11H15F6N2O3S/c1-3-4-5-19-7-6-18(2)9(19)22-23(20,21)11(16,17)8(12)10(13,14)15/h6-8H,3-5H2,1-2H3/q+1. The maximum Gasteiger partial charge on any atom is 0.471 e. The number of alkyl halides is 6. The van der Waals surface area contributed by atoms with Crippen LogP contribution in [0.1, 0.15) is 19.8 Å². The molecule has 1 rings (SSSR count). The number of aromatic nitrogens is 2. The Labute approximate surface area is 128 Å². The van der Waals surface area contributed by atoms with E-state index in [2.05, 4.69) is 4.18 Å². The maximum absolute atomic E-state index is 13.4. The highest BCUT2D eigenvalue weighted by Gasteiger charge is 2.66. The van der Waals surface area contributed by atoms with Crippen molar-refractivity contribution in [2.75, 3.05) is 0 Å². The van der Waals surface area contributed by atoms with Gasteiger partial charge in [0.25, 0.3) is 6.17 Å². The monoisotopic (exact) mass is 369 g/mol. The van der Waals surface area contributed by atoms with Crippen LogP contribution >= 0.6 is 0 Å². The number of imidazole rings is 1. The topological polar surface area (TPSA) is 52.2 Å². The lowest BCUT2D eigenvalue weighted by Crippen LogP contribution is -2.49. The lowest BCUT2D eigenvalue weighted by Gasteiger charge is -2.21. The number of rotatable bonds is 7. The highest BCUT2D eigenvalue weighted by molar-refractivity contribution is 7.88. The molecule has 0 saturated heterocycles. The summed E-state index contributed by atoms with van der Waals surface area (Å²) in [5.41, 5.74) is 0. The van der Waals surface area contributed by atoms with Gasteiger partial charge in [0.15, 0.2) is 0 Å². The Hall–Kier alpha value is -1.46. The first-order valence-corrected chi connectivity index (χ1v) is 7.82. The van der Waals surface area contributed by atoms with E-state index in [1.165, 1.54) is 19.4 Å². The molecule has 0 fully saturated rings. The van der Waals surface area contributed by atoms with Crippen LogP contribution in [0.25, 0.3) is 0 Å². The van der Waals surface area contributed by atoms with Crippen molar-refractivity contribution in [2.45, 2.75) is 43.9 Å². The van der Waals surface area contributed by atoms with E-state index in [4.69, 9.17) is 0 Å². The molecule has 0 aliphatic carbocycles. The van der Waals surface area contributed by atoms with E-state index in [0.29, 0.717) is 12.8 Å². The largest absolute Gasteiger partial charge is 0.471 e. The molecular weight excluding hydrogens is 354 g/mol. The summed E-state index contributed by atoms with van der Waals surface area (Å²) in [6, 6.07) is -0.646. The molecule has 1 unspecified atom stereocenters. The first-order valence-electron chi connectivity index (χ1n) is 6.42. The molecule has 0 aliphatic heterocycles. The lowest BCUT2D eigenvalue weighted by atomic mass is 10.3. The van der Waals surface area contributed by atoms with Gasteiger partial charge in [-0.2, -0.15) is 39.5 Å². The Kier molecular flexibility index (Phi) is 5.60. The van der Waals surface area contributed by atoms with Crippen molar-refractivity contribution < 1.29 is 43.5 Å². The molecule has 1 aromatic heterocycles.